The molecule has 1 fully saturated rings. The molecular weight excluding hydrogens is 555 g/mol. The van der Waals surface area contributed by atoms with Crippen molar-refractivity contribution in [1.82, 2.24) is 29.6 Å². The Hall–Kier alpha value is -4.00. The summed E-state index contributed by atoms with van der Waals surface area (Å²) in [6, 6.07) is 8.29. The molecule has 0 bridgehead atoms. The van der Waals surface area contributed by atoms with Crippen LogP contribution < -0.4 is 5.73 Å². The number of rotatable bonds is 8. The SMILES string of the molecule is CSCCC(=O)N1CCC[C@@H](n2nc(-c3ccc(C(=O)Cc4cc(C(F)(F)F)ccn4)cc3)c3c(N)ncnc32)C1. The maximum Gasteiger partial charge on any atom is 0.416 e. The van der Waals surface area contributed by atoms with E-state index in [-0.39, 0.29) is 35.7 Å². The second kappa shape index (κ2) is 11.9. The lowest BCUT2D eigenvalue weighted by Gasteiger charge is -2.33. The maximum absolute atomic E-state index is 13.0. The normalized spacial score (nSPS) is 15.8. The molecule has 214 valence electrons. The molecule has 1 amide bonds. The van der Waals surface area contributed by atoms with Gasteiger partial charge in [-0.05, 0) is 31.2 Å². The van der Waals surface area contributed by atoms with Crippen LogP contribution >= 0.6 is 11.8 Å². The molecule has 4 heterocycles. The van der Waals surface area contributed by atoms with Crippen LogP contribution in [0, 0.1) is 0 Å². The van der Waals surface area contributed by atoms with Gasteiger partial charge in [0.2, 0.25) is 5.91 Å². The molecule has 3 aromatic heterocycles. The van der Waals surface area contributed by atoms with E-state index in [4.69, 9.17) is 10.8 Å². The molecule has 41 heavy (non-hydrogen) atoms. The lowest BCUT2D eigenvalue weighted by Crippen LogP contribution is -2.41. The van der Waals surface area contributed by atoms with E-state index < -0.39 is 11.7 Å². The molecule has 9 nitrogen and oxygen atoms in total. The third kappa shape index (κ3) is 6.19. The zero-order valence-corrected chi connectivity index (χ0v) is 23.1. The standard InChI is InChI=1S/C28H28F3N7O2S/c1-41-12-9-23(40)37-11-2-3-21(15-37)38-27-24(26(32)34-16-35-27)25(36-38)18-6-4-17(5-7-18)22(39)14-20-13-19(8-10-33-20)28(29,30)31/h4-8,10,13,16,21H,2-3,9,11-12,14-15H2,1H3,(H2,32,34,35)/t21-/m1/s1. The highest BCUT2D eigenvalue weighted by Crippen LogP contribution is 2.34. The number of hydrogen-bond acceptors (Lipinski definition) is 8. The van der Waals surface area contributed by atoms with Crippen LogP contribution in [0.15, 0.2) is 48.9 Å². The van der Waals surface area contributed by atoms with Crippen LogP contribution in [-0.4, -0.2) is 66.4 Å². The van der Waals surface area contributed by atoms with E-state index in [0.29, 0.717) is 47.4 Å². The number of anilines is 1. The first kappa shape index (κ1) is 28.5. The number of Topliss-reactive ketones (excluding diaryl/α,β-unsaturated/α-hetero) is 1. The van der Waals surface area contributed by atoms with Crippen molar-refractivity contribution >= 4 is 40.3 Å². The number of amides is 1. The summed E-state index contributed by atoms with van der Waals surface area (Å²) >= 11 is 1.64. The number of benzene rings is 1. The first-order chi connectivity index (χ1) is 19.7. The molecule has 0 radical (unpaired) electrons. The van der Waals surface area contributed by atoms with Crippen molar-refractivity contribution < 1.29 is 22.8 Å². The molecule has 1 aromatic carbocycles. The van der Waals surface area contributed by atoms with Gasteiger partial charge in [-0.3, -0.25) is 14.6 Å². The molecule has 0 saturated carbocycles. The molecule has 2 N–H and O–H groups in total. The number of carbonyl (C=O) groups is 2. The number of nitrogens with zero attached hydrogens (tertiary/aromatic N) is 6. The number of pyridine rings is 1. The Kier molecular flexibility index (Phi) is 8.25. The lowest BCUT2D eigenvalue weighted by atomic mass is 10.0. The van der Waals surface area contributed by atoms with Crippen molar-refractivity contribution in [2.24, 2.45) is 0 Å². The highest BCUT2D eigenvalue weighted by Gasteiger charge is 2.31. The molecule has 0 spiro atoms. The molecule has 1 aliphatic heterocycles. The molecule has 4 aromatic rings. The first-order valence-corrected chi connectivity index (χ1v) is 14.5. The number of ketones is 1. The number of carbonyl (C=O) groups excluding carboxylic acids is 2. The van der Waals surface area contributed by atoms with Crippen LogP contribution in [0.25, 0.3) is 22.3 Å². The number of halogens is 3. The number of hydrogen-bond donors (Lipinski definition) is 1. The van der Waals surface area contributed by atoms with Gasteiger partial charge in [0.05, 0.1) is 23.4 Å². The van der Waals surface area contributed by atoms with Gasteiger partial charge in [-0.15, -0.1) is 0 Å². The summed E-state index contributed by atoms with van der Waals surface area (Å²) in [5.74, 6) is 0.786. The zero-order valence-electron chi connectivity index (χ0n) is 22.3. The highest BCUT2D eigenvalue weighted by atomic mass is 32.2. The largest absolute Gasteiger partial charge is 0.416 e. The molecule has 0 aliphatic carbocycles. The fourth-order valence-electron chi connectivity index (χ4n) is 5.01. The van der Waals surface area contributed by atoms with Crippen molar-refractivity contribution in [3.8, 4) is 11.3 Å². The summed E-state index contributed by atoms with van der Waals surface area (Å²) in [4.78, 5) is 39.9. The van der Waals surface area contributed by atoms with Crippen molar-refractivity contribution in [2.75, 3.05) is 30.8 Å². The van der Waals surface area contributed by atoms with Crippen LogP contribution in [0.2, 0.25) is 0 Å². The van der Waals surface area contributed by atoms with Gasteiger partial charge in [-0.25, -0.2) is 14.6 Å². The van der Waals surface area contributed by atoms with E-state index in [1.54, 1.807) is 36.0 Å². The van der Waals surface area contributed by atoms with Gasteiger partial charge >= 0.3 is 6.18 Å². The monoisotopic (exact) mass is 583 g/mol. The lowest BCUT2D eigenvalue weighted by molar-refractivity contribution is -0.137. The second-order valence-electron chi connectivity index (χ2n) is 9.84. The molecule has 0 unspecified atom stereocenters. The quantitative estimate of drug-likeness (QED) is 0.293. The van der Waals surface area contributed by atoms with Gasteiger partial charge in [-0.1, -0.05) is 24.3 Å². The van der Waals surface area contributed by atoms with Crippen LogP contribution in [0.5, 0.6) is 0 Å². The summed E-state index contributed by atoms with van der Waals surface area (Å²) in [5.41, 5.74) is 7.56. The molecule has 1 saturated heterocycles. The van der Waals surface area contributed by atoms with E-state index in [1.165, 1.54) is 6.33 Å². The Morgan fingerprint density at radius 3 is 2.63 bits per heavy atom. The van der Waals surface area contributed by atoms with Crippen LogP contribution in [0.4, 0.5) is 19.0 Å². The minimum absolute atomic E-state index is 0.0389. The Morgan fingerprint density at radius 2 is 1.90 bits per heavy atom. The van der Waals surface area contributed by atoms with Gasteiger partial charge < -0.3 is 10.6 Å². The summed E-state index contributed by atoms with van der Waals surface area (Å²) in [7, 11) is 0. The third-order valence-electron chi connectivity index (χ3n) is 7.10. The van der Waals surface area contributed by atoms with Crippen molar-refractivity contribution in [1.29, 1.82) is 0 Å². The predicted molar refractivity (Wildman–Crippen MR) is 150 cm³/mol. The molecule has 5 rings (SSSR count). The fourth-order valence-corrected chi connectivity index (χ4v) is 5.39. The van der Waals surface area contributed by atoms with Gasteiger partial charge in [-0.2, -0.15) is 30.0 Å². The van der Waals surface area contributed by atoms with Gasteiger partial charge in [0.1, 0.15) is 17.8 Å². The average Bonchev–Trinajstić information content (AvgIpc) is 3.37. The summed E-state index contributed by atoms with van der Waals surface area (Å²) in [5, 5.41) is 5.44. The third-order valence-corrected chi connectivity index (χ3v) is 7.71. The van der Waals surface area contributed by atoms with E-state index in [1.807, 2.05) is 15.8 Å². The number of likely N-dealkylation sites (tertiary alicyclic amines) is 1. The zero-order chi connectivity index (χ0) is 29.1. The van der Waals surface area contributed by atoms with E-state index in [0.717, 1.165) is 36.9 Å². The van der Waals surface area contributed by atoms with Gasteiger partial charge in [0.15, 0.2) is 11.4 Å². The van der Waals surface area contributed by atoms with Crippen LogP contribution in [0.3, 0.4) is 0 Å². The molecular formula is C28H28F3N7O2S. The molecule has 1 aliphatic rings. The highest BCUT2D eigenvalue weighted by molar-refractivity contribution is 7.98. The Balaban J connectivity index is 1.40. The van der Waals surface area contributed by atoms with E-state index in [2.05, 4.69) is 15.0 Å². The number of fused-ring (bicyclic) bond motifs is 1. The average molecular weight is 584 g/mol. The number of nitrogens with two attached hydrogens (primary N) is 1. The van der Waals surface area contributed by atoms with Crippen molar-refractivity contribution in [2.45, 2.75) is 37.9 Å². The van der Waals surface area contributed by atoms with Crippen LogP contribution in [0.1, 0.15) is 46.9 Å². The second-order valence-corrected chi connectivity index (χ2v) is 10.8. The number of thioether (sulfide) groups is 1. The molecule has 1 atom stereocenters. The van der Waals surface area contributed by atoms with E-state index >= 15 is 0 Å². The smallest absolute Gasteiger partial charge is 0.383 e. The number of aromatic nitrogens is 5. The number of nitrogen functional groups attached to an aromatic ring is 1. The van der Waals surface area contributed by atoms with E-state index in [9.17, 15) is 22.8 Å². The fraction of sp³-hybridized carbons (Fsp3) is 0.357. The summed E-state index contributed by atoms with van der Waals surface area (Å²) in [6.07, 6.45) is 1.78. The van der Waals surface area contributed by atoms with Crippen molar-refractivity contribution in [3.63, 3.8) is 0 Å². The number of alkyl halides is 3. The minimum Gasteiger partial charge on any atom is -0.383 e. The first-order valence-electron chi connectivity index (χ1n) is 13.1. The number of piperidine rings is 1. The Morgan fingerprint density at radius 1 is 1.12 bits per heavy atom. The van der Waals surface area contributed by atoms with Crippen molar-refractivity contribution in [3.05, 3.63) is 65.7 Å². The maximum atomic E-state index is 13.0. The van der Waals surface area contributed by atoms with Gasteiger partial charge in [0.25, 0.3) is 0 Å². The van der Waals surface area contributed by atoms with Crippen LogP contribution in [-0.2, 0) is 17.4 Å². The Labute approximate surface area is 238 Å². The topological polar surface area (TPSA) is 120 Å². The molecule has 13 heteroatoms. The summed E-state index contributed by atoms with van der Waals surface area (Å²) < 4.78 is 40.9. The predicted octanol–water partition coefficient (Wildman–Crippen LogP) is 4.83. The summed E-state index contributed by atoms with van der Waals surface area (Å²) in [6.45, 7) is 1.22. The Bertz CT molecular complexity index is 1570. The minimum atomic E-state index is -4.51. The van der Waals surface area contributed by atoms with Gasteiger partial charge in [0, 0.05) is 48.3 Å².